The second-order valence-electron chi connectivity index (χ2n) is 4.74. The van der Waals surface area contributed by atoms with Gasteiger partial charge in [-0.15, -0.1) is 0 Å². The first-order valence-corrected chi connectivity index (χ1v) is 6.04. The molecular formula is C14H15NO5. The fourth-order valence-corrected chi connectivity index (χ4v) is 1.64. The minimum absolute atomic E-state index is 0.0465. The molecule has 20 heavy (non-hydrogen) atoms. The molecule has 0 unspecified atom stereocenters. The molecule has 2 rings (SSSR count). The van der Waals surface area contributed by atoms with Crippen LogP contribution in [-0.2, 0) is 25.7 Å². The van der Waals surface area contributed by atoms with Crippen molar-refractivity contribution >= 4 is 17.6 Å². The van der Waals surface area contributed by atoms with Crippen LogP contribution in [0.3, 0.4) is 0 Å². The lowest BCUT2D eigenvalue weighted by Gasteiger charge is -2.29. The van der Waals surface area contributed by atoms with Crippen molar-refractivity contribution in [3.05, 3.63) is 41.6 Å². The first-order chi connectivity index (χ1) is 9.41. The van der Waals surface area contributed by atoms with E-state index >= 15 is 0 Å². The lowest BCUT2D eigenvalue weighted by Crippen LogP contribution is -2.42. The molecular weight excluding hydrogens is 262 g/mol. The van der Waals surface area contributed by atoms with Crippen molar-refractivity contribution in [3.63, 3.8) is 0 Å². The van der Waals surface area contributed by atoms with Gasteiger partial charge in [-0.05, 0) is 17.7 Å². The van der Waals surface area contributed by atoms with Crippen molar-refractivity contribution in [3.8, 4) is 0 Å². The minimum Gasteiger partial charge on any atom is -0.419 e. The highest BCUT2D eigenvalue weighted by Crippen LogP contribution is 2.22. The first-order valence-electron chi connectivity index (χ1n) is 6.04. The van der Waals surface area contributed by atoms with Crippen LogP contribution in [0.1, 0.15) is 19.4 Å². The van der Waals surface area contributed by atoms with Gasteiger partial charge in [-0.2, -0.15) is 0 Å². The van der Waals surface area contributed by atoms with E-state index in [1.54, 1.807) is 24.3 Å². The smallest absolute Gasteiger partial charge is 0.350 e. The van der Waals surface area contributed by atoms with E-state index in [0.29, 0.717) is 5.69 Å². The van der Waals surface area contributed by atoms with Crippen molar-refractivity contribution < 1.29 is 24.2 Å². The molecule has 0 spiro atoms. The second kappa shape index (κ2) is 5.34. The van der Waals surface area contributed by atoms with E-state index in [4.69, 9.17) is 14.6 Å². The van der Waals surface area contributed by atoms with Gasteiger partial charge in [0.15, 0.2) is 5.57 Å². The Morgan fingerprint density at radius 2 is 1.70 bits per heavy atom. The lowest BCUT2D eigenvalue weighted by molar-refractivity contribution is -0.222. The van der Waals surface area contributed by atoms with Gasteiger partial charge in [-0.3, -0.25) is 0 Å². The van der Waals surface area contributed by atoms with Gasteiger partial charge in [0.2, 0.25) is 0 Å². The number of aliphatic hydroxyl groups excluding tert-OH is 1. The molecule has 1 aromatic rings. The fourth-order valence-electron chi connectivity index (χ4n) is 1.64. The van der Waals surface area contributed by atoms with Crippen LogP contribution < -0.4 is 5.32 Å². The zero-order valence-electron chi connectivity index (χ0n) is 11.2. The number of carbonyl (C=O) groups is 2. The van der Waals surface area contributed by atoms with E-state index in [-0.39, 0.29) is 12.2 Å². The van der Waals surface area contributed by atoms with Gasteiger partial charge in [0.05, 0.1) is 6.61 Å². The van der Waals surface area contributed by atoms with Gasteiger partial charge in [0, 0.05) is 25.7 Å². The maximum atomic E-state index is 11.7. The van der Waals surface area contributed by atoms with E-state index in [1.807, 2.05) is 0 Å². The Hall–Kier alpha value is -2.34. The Labute approximate surface area is 116 Å². The maximum Gasteiger partial charge on any atom is 0.350 e. The molecule has 0 saturated carbocycles. The highest BCUT2D eigenvalue weighted by molar-refractivity contribution is 6.15. The SMILES string of the molecule is CC1(C)OC(=O)C(=CNc2ccc(CO)cc2)C(=O)O1. The molecule has 1 aliphatic heterocycles. The molecule has 6 nitrogen and oxygen atoms in total. The topological polar surface area (TPSA) is 84.9 Å². The third-order valence-corrected chi connectivity index (χ3v) is 2.64. The summed E-state index contributed by atoms with van der Waals surface area (Å²) >= 11 is 0. The van der Waals surface area contributed by atoms with Crippen LogP contribution in [0.25, 0.3) is 0 Å². The van der Waals surface area contributed by atoms with Gasteiger partial charge in [-0.1, -0.05) is 12.1 Å². The van der Waals surface area contributed by atoms with Crippen LogP contribution in [0.4, 0.5) is 5.69 Å². The number of cyclic esters (lactones) is 2. The third kappa shape index (κ3) is 3.16. The van der Waals surface area contributed by atoms with Gasteiger partial charge in [0.1, 0.15) is 0 Å². The number of benzene rings is 1. The predicted molar refractivity (Wildman–Crippen MR) is 70.3 cm³/mol. The minimum atomic E-state index is -1.24. The number of hydrogen-bond donors (Lipinski definition) is 2. The molecule has 1 heterocycles. The van der Waals surface area contributed by atoms with Crippen LogP contribution in [0.5, 0.6) is 0 Å². The van der Waals surface area contributed by atoms with Crippen LogP contribution in [0, 0.1) is 0 Å². The molecule has 0 amide bonds. The number of aliphatic hydroxyl groups is 1. The lowest BCUT2D eigenvalue weighted by atomic mass is 10.2. The highest BCUT2D eigenvalue weighted by atomic mass is 16.7. The quantitative estimate of drug-likeness (QED) is 0.492. The summed E-state index contributed by atoms with van der Waals surface area (Å²) in [6.45, 7) is 2.93. The molecule has 0 aromatic heterocycles. The summed E-state index contributed by atoms with van der Waals surface area (Å²) < 4.78 is 9.92. The Morgan fingerprint density at radius 1 is 1.15 bits per heavy atom. The molecule has 0 radical (unpaired) electrons. The second-order valence-corrected chi connectivity index (χ2v) is 4.74. The van der Waals surface area contributed by atoms with E-state index in [9.17, 15) is 9.59 Å². The van der Waals surface area contributed by atoms with Gasteiger partial charge in [0.25, 0.3) is 5.79 Å². The zero-order valence-corrected chi connectivity index (χ0v) is 11.2. The molecule has 1 fully saturated rings. The van der Waals surface area contributed by atoms with Crippen molar-refractivity contribution in [1.82, 2.24) is 0 Å². The highest BCUT2D eigenvalue weighted by Gasteiger charge is 2.38. The number of nitrogens with one attached hydrogen (secondary N) is 1. The molecule has 6 heteroatoms. The predicted octanol–water partition coefficient (Wildman–Crippen LogP) is 1.31. The van der Waals surface area contributed by atoms with E-state index < -0.39 is 17.7 Å². The van der Waals surface area contributed by atoms with E-state index in [2.05, 4.69) is 5.32 Å². The number of hydrogen-bond acceptors (Lipinski definition) is 6. The zero-order chi connectivity index (χ0) is 14.8. The van der Waals surface area contributed by atoms with Gasteiger partial charge in [-0.25, -0.2) is 9.59 Å². The van der Waals surface area contributed by atoms with Crippen LogP contribution in [-0.4, -0.2) is 22.8 Å². The molecule has 0 atom stereocenters. The normalized spacial score (nSPS) is 17.2. The summed E-state index contributed by atoms with van der Waals surface area (Å²) in [5.41, 5.74) is 1.23. The largest absolute Gasteiger partial charge is 0.419 e. The Kier molecular flexibility index (Phi) is 3.76. The first kappa shape index (κ1) is 14.1. The van der Waals surface area contributed by atoms with Crippen molar-refractivity contribution in [2.24, 2.45) is 0 Å². The number of ether oxygens (including phenoxy) is 2. The number of anilines is 1. The molecule has 106 valence electrons. The van der Waals surface area contributed by atoms with Crippen LogP contribution >= 0.6 is 0 Å². The Balaban J connectivity index is 2.10. The fraction of sp³-hybridized carbons (Fsp3) is 0.286. The molecule has 0 aliphatic carbocycles. The number of rotatable bonds is 3. The Morgan fingerprint density at radius 3 is 2.20 bits per heavy atom. The summed E-state index contributed by atoms with van der Waals surface area (Å²) in [5, 5.41) is 11.7. The standard InChI is InChI=1S/C14H15NO5/c1-14(2)19-12(17)11(13(18)20-14)7-15-10-5-3-9(8-16)4-6-10/h3-7,15-16H,8H2,1-2H3. The number of esters is 2. The van der Waals surface area contributed by atoms with Crippen molar-refractivity contribution in [2.75, 3.05) is 5.32 Å². The average molecular weight is 277 g/mol. The summed E-state index contributed by atoms with van der Waals surface area (Å²) in [6.07, 6.45) is 1.24. The van der Waals surface area contributed by atoms with Crippen molar-refractivity contribution in [2.45, 2.75) is 26.2 Å². The molecule has 2 N–H and O–H groups in total. The van der Waals surface area contributed by atoms with E-state index in [0.717, 1.165) is 5.56 Å². The van der Waals surface area contributed by atoms with Gasteiger partial charge < -0.3 is 19.9 Å². The molecule has 0 bridgehead atoms. The molecule has 1 aromatic carbocycles. The molecule has 1 saturated heterocycles. The Bertz CT molecular complexity index is 537. The monoisotopic (exact) mass is 277 g/mol. The summed E-state index contributed by atoms with van der Waals surface area (Å²) in [6, 6.07) is 6.88. The third-order valence-electron chi connectivity index (χ3n) is 2.64. The number of carbonyl (C=O) groups excluding carboxylic acids is 2. The summed E-state index contributed by atoms with van der Waals surface area (Å²) in [7, 11) is 0. The van der Waals surface area contributed by atoms with Crippen LogP contribution in [0.2, 0.25) is 0 Å². The maximum absolute atomic E-state index is 11.7. The van der Waals surface area contributed by atoms with Gasteiger partial charge >= 0.3 is 11.9 Å². The van der Waals surface area contributed by atoms with Crippen LogP contribution in [0.15, 0.2) is 36.0 Å². The average Bonchev–Trinajstić information content (AvgIpc) is 2.37. The summed E-state index contributed by atoms with van der Waals surface area (Å²) in [5.74, 6) is -2.70. The molecule has 1 aliphatic rings. The summed E-state index contributed by atoms with van der Waals surface area (Å²) in [4.78, 5) is 23.4. The van der Waals surface area contributed by atoms with E-state index in [1.165, 1.54) is 20.0 Å². The van der Waals surface area contributed by atoms with Crippen molar-refractivity contribution in [1.29, 1.82) is 0 Å².